The first kappa shape index (κ1) is 40.0. The van der Waals surface area contributed by atoms with Gasteiger partial charge in [0.15, 0.2) is 5.69 Å². The summed E-state index contributed by atoms with van der Waals surface area (Å²) in [4.78, 5) is 50.0. The van der Waals surface area contributed by atoms with Crippen molar-refractivity contribution in [3.8, 4) is 23.4 Å². The van der Waals surface area contributed by atoms with Crippen molar-refractivity contribution in [2.45, 2.75) is 65.0 Å². The first-order chi connectivity index (χ1) is 26.0. The summed E-state index contributed by atoms with van der Waals surface area (Å²) in [6, 6.07) is 17.8. The SMILES string of the molecule is COc1ccc(Cn2cc(Cl)cc(CC(c3ccc(C#N)cc3)c3c(C(=O)O)nn(-c4cnc(N(C)C(=O)OC(C)(C)C)nc4OC)c3C(C)C)c2=O)cc1. The van der Waals surface area contributed by atoms with Crippen LogP contribution in [0.25, 0.3) is 5.69 Å². The highest BCUT2D eigenvalue weighted by atomic mass is 35.5. The van der Waals surface area contributed by atoms with Crippen LogP contribution in [0.1, 0.15) is 90.5 Å². The number of halogens is 1. The Morgan fingerprint density at radius 3 is 2.29 bits per heavy atom. The van der Waals surface area contributed by atoms with E-state index in [9.17, 15) is 24.8 Å². The number of hydrogen-bond acceptors (Lipinski definition) is 10. The van der Waals surface area contributed by atoms with Crippen LogP contribution in [-0.2, 0) is 17.7 Å². The van der Waals surface area contributed by atoms with Gasteiger partial charge in [0.2, 0.25) is 11.8 Å². The Morgan fingerprint density at radius 2 is 1.73 bits per heavy atom. The molecule has 0 bridgehead atoms. The van der Waals surface area contributed by atoms with Crippen LogP contribution < -0.4 is 19.9 Å². The summed E-state index contributed by atoms with van der Waals surface area (Å²) in [5, 5.41) is 25.2. The third-order valence-corrected chi connectivity index (χ3v) is 8.88. The largest absolute Gasteiger partial charge is 0.497 e. The Bertz CT molecular complexity index is 2310. The third-order valence-electron chi connectivity index (χ3n) is 8.67. The molecule has 1 N–H and O–H groups in total. The number of hydrogen-bond donors (Lipinski definition) is 1. The molecule has 0 saturated carbocycles. The van der Waals surface area contributed by atoms with E-state index in [1.54, 1.807) is 76.5 Å². The van der Waals surface area contributed by atoms with Gasteiger partial charge in [0.1, 0.15) is 17.0 Å². The topological polar surface area (TPSA) is 175 Å². The second-order valence-corrected chi connectivity index (χ2v) is 14.5. The molecule has 3 aromatic heterocycles. The summed E-state index contributed by atoms with van der Waals surface area (Å²) in [7, 11) is 4.42. The molecule has 1 amide bonds. The van der Waals surface area contributed by atoms with Crippen molar-refractivity contribution in [2.24, 2.45) is 0 Å². The predicted molar refractivity (Wildman–Crippen MR) is 206 cm³/mol. The van der Waals surface area contributed by atoms with Gasteiger partial charge in [0.25, 0.3) is 5.56 Å². The lowest BCUT2D eigenvalue weighted by atomic mass is 9.82. The van der Waals surface area contributed by atoms with E-state index in [1.165, 1.54) is 29.6 Å². The zero-order valence-electron chi connectivity index (χ0n) is 31.8. The van der Waals surface area contributed by atoms with Crippen LogP contribution in [0.2, 0.25) is 5.02 Å². The number of nitriles is 1. The van der Waals surface area contributed by atoms with E-state index in [4.69, 9.17) is 25.8 Å². The van der Waals surface area contributed by atoms with Gasteiger partial charge in [-0.1, -0.05) is 49.7 Å². The molecule has 5 rings (SSSR count). The molecular weight excluding hydrogens is 726 g/mol. The van der Waals surface area contributed by atoms with Crippen LogP contribution >= 0.6 is 11.6 Å². The standard InChI is InChI=1S/C40H42ClN7O7/c1-23(2)34-32(33(37(50)51)45-48(34)31-20-43-38(44-35(31)54-8)46(6)39(52)55-40(3,4)5)30(26-13-9-24(19-42)10-14-26)18-27-17-28(41)22-47(36(27)49)21-25-11-15-29(53-7)16-12-25/h9-17,20,22-23,30H,18,21H2,1-8H3,(H,50,51). The number of amides is 1. The minimum atomic E-state index is -1.31. The Hall–Kier alpha value is -6.20. The van der Waals surface area contributed by atoms with E-state index in [-0.39, 0.29) is 47.7 Å². The van der Waals surface area contributed by atoms with Gasteiger partial charge in [-0.25, -0.2) is 24.2 Å². The average molecular weight is 768 g/mol. The van der Waals surface area contributed by atoms with Gasteiger partial charge in [-0.15, -0.1) is 0 Å². The molecule has 2 aromatic carbocycles. The van der Waals surface area contributed by atoms with E-state index in [0.29, 0.717) is 38.7 Å². The van der Waals surface area contributed by atoms with Crippen molar-refractivity contribution < 1.29 is 28.9 Å². The first-order valence-corrected chi connectivity index (χ1v) is 17.7. The summed E-state index contributed by atoms with van der Waals surface area (Å²) in [6.07, 6.45) is 2.30. The van der Waals surface area contributed by atoms with E-state index in [2.05, 4.69) is 21.1 Å². The van der Waals surface area contributed by atoms with Crippen molar-refractivity contribution >= 4 is 29.6 Å². The first-order valence-electron chi connectivity index (χ1n) is 17.3. The van der Waals surface area contributed by atoms with Crippen LogP contribution in [0.5, 0.6) is 11.6 Å². The lowest BCUT2D eigenvalue weighted by molar-refractivity contribution is 0.0586. The monoisotopic (exact) mass is 767 g/mol. The summed E-state index contributed by atoms with van der Waals surface area (Å²) in [5.41, 5.74) is 1.92. The number of anilines is 1. The third kappa shape index (κ3) is 8.96. The molecule has 0 spiro atoms. The molecule has 286 valence electrons. The van der Waals surface area contributed by atoms with Gasteiger partial charge in [-0.05, 0) is 74.6 Å². The number of carbonyl (C=O) groups excluding carboxylic acids is 1. The maximum atomic E-state index is 14.1. The highest BCUT2D eigenvalue weighted by Crippen LogP contribution is 2.39. The molecule has 0 aliphatic carbocycles. The normalized spacial score (nSPS) is 11.9. The molecule has 1 unspecified atom stereocenters. The number of aromatic nitrogens is 5. The highest BCUT2D eigenvalue weighted by Gasteiger charge is 2.34. The Kier molecular flexibility index (Phi) is 12.0. The zero-order chi connectivity index (χ0) is 40.2. The Labute approximate surface area is 323 Å². The van der Waals surface area contributed by atoms with Crippen LogP contribution in [-0.4, -0.2) is 68.4 Å². The number of carbonyl (C=O) groups is 2. The number of nitrogens with zero attached hydrogens (tertiary/aromatic N) is 7. The molecule has 3 heterocycles. The van der Waals surface area contributed by atoms with Crippen LogP contribution in [0.15, 0.2) is 71.8 Å². The van der Waals surface area contributed by atoms with Gasteiger partial charge in [0.05, 0.1) is 49.3 Å². The van der Waals surface area contributed by atoms with E-state index in [1.807, 2.05) is 26.0 Å². The van der Waals surface area contributed by atoms with Gasteiger partial charge in [-0.3, -0.25) is 4.79 Å². The molecule has 15 heteroatoms. The van der Waals surface area contributed by atoms with Crippen LogP contribution in [0, 0.1) is 11.3 Å². The number of carboxylic acids is 1. The molecule has 0 radical (unpaired) electrons. The molecule has 0 aliphatic rings. The van der Waals surface area contributed by atoms with Crippen molar-refractivity contribution in [1.82, 2.24) is 24.3 Å². The molecular formula is C40H42ClN7O7. The number of carboxylic acid groups (broad SMARTS) is 1. The molecule has 0 aliphatic heterocycles. The van der Waals surface area contributed by atoms with Crippen molar-refractivity contribution in [3.05, 3.63) is 122 Å². The summed E-state index contributed by atoms with van der Waals surface area (Å²) in [6.45, 7) is 9.22. The summed E-state index contributed by atoms with van der Waals surface area (Å²) < 4.78 is 19.3. The molecule has 5 aromatic rings. The predicted octanol–water partition coefficient (Wildman–Crippen LogP) is 6.98. The van der Waals surface area contributed by atoms with Crippen molar-refractivity contribution in [1.29, 1.82) is 5.26 Å². The number of benzene rings is 2. The maximum absolute atomic E-state index is 14.1. The second-order valence-electron chi connectivity index (χ2n) is 14.1. The Balaban J connectivity index is 1.69. The molecule has 55 heavy (non-hydrogen) atoms. The molecule has 14 nitrogen and oxygen atoms in total. The van der Waals surface area contributed by atoms with E-state index >= 15 is 0 Å². The number of methoxy groups -OCH3 is 2. The van der Waals surface area contributed by atoms with E-state index < -0.39 is 23.6 Å². The fraction of sp³-hybridized carbons (Fsp3) is 0.325. The van der Waals surface area contributed by atoms with Gasteiger partial charge in [-0.2, -0.15) is 15.3 Å². The zero-order valence-corrected chi connectivity index (χ0v) is 32.6. The van der Waals surface area contributed by atoms with Crippen LogP contribution in [0.4, 0.5) is 10.7 Å². The van der Waals surface area contributed by atoms with Gasteiger partial charge >= 0.3 is 12.1 Å². The van der Waals surface area contributed by atoms with Crippen LogP contribution in [0.3, 0.4) is 0 Å². The summed E-state index contributed by atoms with van der Waals surface area (Å²) in [5.74, 6) is -1.73. The lowest BCUT2D eigenvalue weighted by Gasteiger charge is -2.24. The minimum Gasteiger partial charge on any atom is -0.497 e. The smallest absolute Gasteiger partial charge is 0.416 e. The fourth-order valence-electron chi connectivity index (χ4n) is 6.15. The highest BCUT2D eigenvalue weighted by molar-refractivity contribution is 6.30. The number of aromatic carboxylic acids is 1. The Morgan fingerprint density at radius 1 is 1.05 bits per heavy atom. The maximum Gasteiger partial charge on any atom is 0.416 e. The van der Waals surface area contributed by atoms with Gasteiger partial charge in [0, 0.05) is 30.3 Å². The quantitative estimate of drug-likeness (QED) is 0.139. The van der Waals surface area contributed by atoms with Crippen molar-refractivity contribution in [3.63, 3.8) is 0 Å². The fourth-order valence-corrected chi connectivity index (χ4v) is 6.40. The number of ether oxygens (including phenoxy) is 3. The molecule has 0 saturated heterocycles. The molecule has 0 fully saturated rings. The minimum absolute atomic E-state index is 0.0134. The second kappa shape index (κ2) is 16.4. The summed E-state index contributed by atoms with van der Waals surface area (Å²) >= 11 is 6.63. The average Bonchev–Trinajstić information content (AvgIpc) is 3.55. The van der Waals surface area contributed by atoms with Crippen molar-refractivity contribution in [2.75, 3.05) is 26.2 Å². The number of rotatable bonds is 12. The number of pyridine rings is 1. The molecule has 1 atom stereocenters. The van der Waals surface area contributed by atoms with E-state index in [0.717, 1.165) is 10.5 Å². The van der Waals surface area contributed by atoms with Gasteiger partial charge < -0.3 is 23.9 Å². The lowest BCUT2D eigenvalue weighted by Crippen LogP contribution is -2.35.